The van der Waals surface area contributed by atoms with Gasteiger partial charge in [-0.3, -0.25) is 0 Å². The minimum Gasteiger partial charge on any atom is -0.391 e. The van der Waals surface area contributed by atoms with Gasteiger partial charge in [0.15, 0.2) is 0 Å². The van der Waals surface area contributed by atoms with E-state index in [1.54, 1.807) is 13.0 Å². The van der Waals surface area contributed by atoms with Gasteiger partial charge in [0, 0.05) is 0 Å². The number of nitrogens with two attached hydrogens (primary N) is 1. The number of hydrogen-bond donors (Lipinski definition) is 2. The Labute approximate surface area is 90.4 Å². The third-order valence-corrected chi connectivity index (χ3v) is 3.29. The monoisotopic (exact) mass is 226 g/mol. The summed E-state index contributed by atoms with van der Waals surface area (Å²) >= 11 is 1.31. The first kappa shape index (κ1) is 10.5. The van der Waals surface area contributed by atoms with Gasteiger partial charge in [-0.15, -0.1) is 11.3 Å². The van der Waals surface area contributed by atoms with Crippen LogP contribution in [-0.2, 0) is 0 Å². The lowest BCUT2D eigenvalue weighted by atomic mass is 10.2. The van der Waals surface area contributed by atoms with Crippen molar-refractivity contribution in [2.24, 2.45) is 5.73 Å². The van der Waals surface area contributed by atoms with Crippen molar-refractivity contribution in [3.63, 3.8) is 0 Å². The molecule has 0 spiro atoms. The molecule has 3 N–H and O–H groups in total. The average Bonchev–Trinajstić information content (AvgIpc) is 2.58. The minimum atomic E-state index is -0.657. The molecule has 1 aromatic heterocycles. The lowest BCUT2D eigenvalue weighted by Gasteiger charge is -2.10. The standard InChI is InChI=1S/C10H11FN2OS/c1-5(14)9(12)10-13-7-3-2-6(11)4-8(7)15-10/h2-5,9,14H,12H2,1H3. The molecule has 2 rings (SSSR count). The van der Waals surface area contributed by atoms with Crippen molar-refractivity contribution < 1.29 is 9.50 Å². The second-order valence-corrected chi connectivity index (χ2v) is 4.49. The summed E-state index contributed by atoms with van der Waals surface area (Å²) in [6, 6.07) is 3.88. The molecule has 0 aliphatic carbocycles. The Morgan fingerprint density at radius 2 is 2.27 bits per heavy atom. The number of nitrogens with zero attached hydrogens (tertiary/aromatic N) is 1. The van der Waals surface area contributed by atoms with Crippen molar-refractivity contribution in [1.29, 1.82) is 0 Å². The summed E-state index contributed by atoms with van der Waals surface area (Å²) in [5.41, 5.74) is 6.46. The molecule has 1 heterocycles. The zero-order valence-corrected chi connectivity index (χ0v) is 8.96. The summed E-state index contributed by atoms with van der Waals surface area (Å²) in [5.74, 6) is -0.289. The van der Waals surface area contributed by atoms with Crippen LogP contribution < -0.4 is 5.73 Å². The van der Waals surface area contributed by atoms with E-state index in [9.17, 15) is 9.50 Å². The molecule has 15 heavy (non-hydrogen) atoms. The Bertz CT molecular complexity index is 483. The highest BCUT2D eigenvalue weighted by Gasteiger charge is 2.16. The summed E-state index contributed by atoms with van der Waals surface area (Å²) in [6.45, 7) is 1.61. The van der Waals surface area contributed by atoms with Crippen LogP contribution in [0.15, 0.2) is 18.2 Å². The highest BCUT2D eigenvalue weighted by molar-refractivity contribution is 7.18. The number of rotatable bonds is 2. The third kappa shape index (κ3) is 1.99. The molecule has 0 radical (unpaired) electrons. The average molecular weight is 226 g/mol. The van der Waals surface area contributed by atoms with E-state index in [2.05, 4.69) is 4.98 Å². The molecule has 0 aliphatic heterocycles. The molecular weight excluding hydrogens is 215 g/mol. The van der Waals surface area contributed by atoms with E-state index in [-0.39, 0.29) is 5.82 Å². The largest absolute Gasteiger partial charge is 0.391 e. The van der Waals surface area contributed by atoms with Crippen molar-refractivity contribution in [3.05, 3.63) is 29.0 Å². The van der Waals surface area contributed by atoms with Gasteiger partial charge in [-0.1, -0.05) is 0 Å². The van der Waals surface area contributed by atoms with Gasteiger partial charge in [0.1, 0.15) is 10.8 Å². The fourth-order valence-electron chi connectivity index (χ4n) is 1.27. The highest BCUT2D eigenvalue weighted by atomic mass is 32.1. The van der Waals surface area contributed by atoms with Gasteiger partial charge >= 0.3 is 0 Å². The van der Waals surface area contributed by atoms with Crippen LogP contribution in [0.5, 0.6) is 0 Å². The molecule has 2 unspecified atom stereocenters. The molecule has 0 bridgehead atoms. The molecule has 3 nitrogen and oxygen atoms in total. The van der Waals surface area contributed by atoms with E-state index >= 15 is 0 Å². The maximum Gasteiger partial charge on any atom is 0.124 e. The Morgan fingerprint density at radius 3 is 2.93 bits per heavy atom. The predicted molar refractivity (Wildman–Crippen MR) is 58.2 cm³/mol. The molecule has 0 saturated heterocycles. The van der Waals surface area contributed by atoms with Gasteiger partial charge in [0.25, 0.3) is 0 Å². The number of thiazole rings is 1. The van der Waals surface area contributed by atoms with Gasteiger partial charge in [-0.2, -0.15) is 0 Å². The molecular formula is C10H11FN2OS. The molecule has 0 saturated carbocycles. The quantitative estimate of drug-likeness (QED) is 0.821. The molecule has 2 aromatic rings. The van der Waals surface area contributed by atoms with Crippen molar-refractivity contribution in [3.8, 4) is 0 Å². The molecule has 5 heteroatoms. The number of aromatic nitrogens is 1. The molecule has 0 amide bonds. The van der Waals surface area contributed by atoms with Crippen molar-refractivity contribution in [1.82, 2.24) is 4.98 Å². The number of fused-ring (bicyclic) bond motifs is 1. The number of halogens is 1. The van der Waals surface area contributed by atoms with E-state index in [1.807, 2.05) is 0 Å². The Morgan fingerprint density at radius 1 is 1.53 bits per heavy atom. The van der Waals surface area contributed by atoms with Crippen molar-refractivity contribution in [2.75, 3.05) is 0 Å². The maximum atomic E-state index is 12.9. The predicted octanol–water partition coefficient (Wildman–Crippen LogP) is 1.82. The summed E-state index contributed by atoms with van der Waals surface area (Å²) in [7, 11) is 0. The van der Waals surface area contributed by atoms with Gasteiger partial charge in [-0.05, 0) is 25.1 Å². The Balaban J connectivity index is 2.47. The van der Waals surface area contributed by atoms with Crippen LogP contribution in [0.1, 0.15) is 18.0 Å². The molecule has 1 aromatic carbocycles. The Hall–Kier alpha value is -1.04. The fourth-order valence-corrected chi connectivity index (χ4v) is 2.36. The number of benzene rings is 1. The molecule has 0 fully saturated rings. The number of aliphatic hydroxyl groups excluding tert-OH is 1. The smallest absolute Gasteiger partial charge is 0.124 e. The van der Waals surface area contributed by atoms with Crippen LogP contribution in [0.2, 0.25) is 0 Å². The van der Waals surface area contributed by atoms with Crippen LogP contribution in [0.25, 0.3) is 10.2 Å². The van der Waals surface area contributed by atoms with Crippen LogP contribution in [-0.4, -0.2) is 16.2 Å². The highest BCUT2D eigenvalue weighted by Crippen LogP contribution is 2.27. The Kier molecular flexibility index (Phi) is 2.68. The second kappa shape index (κ2) is 3.84. The van der Waals surface area contributed by atoms with E-state index in [0.29, 0.717) is 10.5 Å². The summed E-state index contributed by atoms with van der Waals surface area (Å²) in [5, 5.41) is 9.95. The van der Waals surface area contributed by atoms with E-state index in [1.165, 1.54) is 23.5 Å². The first-order valence-corrected chi connectivity index (χ1v) is 5.39. The number of hydrogen-bond acceptors (Lipinski definition) is 4. The van der Waals surface area contributed by atoms with Crippen LogP contribution in [0.3, 0.4) is 0 Å². The van der Waals surface area contributed by atoms with Gasteiger partial charge in [0.05, 0.1) is 22.4 Å². The first-order valence-electron chi connectivity index (χ1n) is 4.57. The molecule has 2 atom stereocenters. The maximum absolute atomic E-state index is 12.9. The van der Waals surface area contributed by atoms with Crippen molar-refractivity contribution in [2.45, 2.75) is 19.1 Å². The SMILES string of the molecule is CC(O)C(N)c1nc2ccc(F)cc2s1. The summed E-state index contributed by atoms with van der Waals surface area (Å²) in [6.07, 6.45) is -0.657. The van der Waals surface area contributed by atoms with Crippen molar-refractivity contribution >= 4 is 21.6 Å². The summed E-state index contributed by atoms with van der Waals surface area (Å²) < 4.78 is 13.7. The minimum absolute atomic E-state index is 0.289. The van der Waals surface area contributed by atoms with Gasteiger partial charge in [-0.25, -0.2) is 9.37 Å². The molecule has 0 aliphatic rings. The van der Waals surface area contributed by atoms with E-state index in [4.69, 9.17) is 5.73 Å². The first-order chi connectivity index (χ1) is 7.08. The lowest BCUT2D eigenvalue weighted by Crippen LogP contribution is -2.22. The fraction of sp³-hybridized carbons (Fsp3) is 0.300. The normalized spacial score (nSPS) is 15.5. The zero-order chi connectivity index (χ0) is 11.0. The zero-order valence-electron chi connectivity index (χ0n) is 8.14. The van der Waals surface area contributed by atoms with Gasteiger partial charge < -0.3 is 10.8 Å². The lowest BCUT2D eigenvalue weighted by molar-refractivity contribution is 0.164. The van der Waals surface area contributed by atoms with E-state index in [0.717, 1.165) is 4.70 Å². The van der Waals surface area contributed by atoms with Crippen LogP contribution >= 0.6 is 11.3 Å². The van der Waals surface area contributed by atoms with E-state index < -0.39 is 12.1 Å². The topological polar surface area (TPSA) is 59.1 Å². The summed E-state index contributed by atoms with van der Waals surface area (Å²) in [4.78, 5) is 4.24. The van der Waals surface area contributed by atoms with Crippen LogP contribution in [0.4, 0.5) is 4.39 Å². The van der Waals surface area contributed by atoms with Gasteiger partial charge in [0.2, 0.25) is 0 Å². The number of aliphatic hydroxyl groups is 1. The molecule has 80 valence electrons. The van der Waals surface area contributed by atoms with Crippen LogP contribution in [0, 0.1) is 5.82 Å². The third-order valence-electron chi connectivity index (χ3n) is 2.17. The second-order valence-electron chi connectivity index (χ2n) is 3.43.